The van der Waals surface area contributed by atoms with Gasteiger partial charge in [0.15, 0.2) is 0 Å². The molecule has 0 saturated carbocycles. The minimum atomic E-state index is -0.560. The molecule has 0 fully saturated rings. The molecule has 0 spiro atoms. The Balaban J connectivity index is 1.87. The lowest BCUT2D eigenvalue weighted by molar-refractivity contribution is 0.0602. The van der Waals surface area contributed by atoms with Gasteiger partial charge in [0.2, 0.25) is 0 Å². The van der Waals surface area contributed by atoms with E-state index >= 15 is 0 Å². The van der Waals surface area contributed by atoms with E-state index in [4.69, 9.17) is 4.74 Å². The molecule has 1 heterocycles. The average Bonchev–Trinajstić information content (AvgIpc) is 2.76. The summed E-state index contributed by atoms with van der Waals surface area (Å²) in [5.74, 6) is -0.640. The van der Waals surface area contributed by atoms with Crippen LogP contribution in [0.5, 0.6) is 0 Å². The first kappa shape index (κ1) is 21.8. The van der Waals surface area contributed by atoms with E-state index in [2.05, 4.69) is 5.32 Å². The lowest BCUT2D eigenvalue weighted by Crippen LogP contribution is -2.43. The molecule has 7 nitrogen and oxygen atoms in total. The standard InChI is InChI=1S/C25H27N3O4/c1-4-5-14-32-25(31)26-19-11-7-9-17-15-16-8-6-10-18-20(16)22(21(17)19)24(30)28(23(18)29)13-12-27(2)3/h6-11,15H,4-5,12-14H2,1-3H3,(H,26,31). The quantitative estimate of drug-likeness (QED) is 0.337. The van der Waals surface area contributed by atoms with E-state index < -0.39 is 6.09 Å². The smallest absolute Gasteiger partial charge is 0.411 e. The third kappa shape index (κ3) is 3.91. The third-order valence-corrected chi connectivity index (χ3v) is 5.68. The highest BCUT2D eigenvalue weighted by Gasteiger charge is 2.34. The molecule has 4 rings (SSSR count). The fourth-order valence-corrected chi connectivity index (χ4v) is 4.06. The molecule has 0 atom stereocenters. The second kappa shape index (κ2) is 8.96. The molecule has 3 aromatic rings. The van der Waals surface area contributed by atoms with Gasteiger partial charge in [-0.25, -0.2) is 4.79 Å². The molecule has 166 valence electrons. The predicted octanol–water partition coefficient (Wildman–Crippen LogP) is 4.50. The van der Waals surface area contributed by atoms with Gasteiger partial charge in [-0.05, 0) is 49.5 Å². The number of unbranched alkanes of at least 4 members (excludes halogenated alkanes) is 1. The van der Waals surface area contributed by atoms with E-state index in [0.717, 1.165) is 23.6 Å². The van der Waals surface area contributed by atoms with Gasteiger partial charge in [0.25, 0.3) is 11.8 Å². The first-order valence-corrected chi connectivity index (χ1v) is 10.9. The van der Waals surface area contributed by atoms with Crippen LogP contribution in [0.25, 0.3) is 21.5 Å². The topological polar surface area (TPSA) is 79.0 Å². The van der Waals surface area contributed by atoms with Crippen molar-refractivity contribution in [2.45, 2.75) is 19.8 Å². The number of nitrogens with zero attached hydrogens (tertiary/aromatic N) is 2. The molecule has 7 heteroatoms. The molecular formula is C25H27N3O4. The Hall–Kier alpha value is -3.45. The number of ether oxygens (including phenoxy) is 1. The fourth-order valence-electron chi connectivity index (χ4n) is 4.06. The summed E-state index contributed by atoms with van der Waals surface area (Å²) >= 11 is 0. The van der Waals surface area contributed by atoms with Crippen molar-refractivity contribution in [2.75, 3.05) is 39.1 Å². The highest BCUT2D eigenvalue weighted by Crippen LogP contribution is 2.38. The van der Waals surface area contributed by atoms with Crippen LogP contribution in [0.1, 0.15) is 40.5 Å². The number of likely N-dealkylation sites (N-methyl/N-ethyl adjacent to an activating group) is 1. The Morgan fingerprint density at radius 2 is 1.75 bits per heavy atom. The van der Waals surface area contributed by atoms with Crippen molar-refractivity contribution in [1.29, 1.82) is 0 Å². The molecule has 1 N–H and O–H groups in total. The van der Waals surface area contributed by atoms with Crippen molar-refractivity contribution in [2.24, 2.45) is 0 Å². The molecule has 0 aromatic heterocycles. The lowest BCUT2D eigenvalue weighted by atomic mass is 9.89. The van der Waals surface area contributed by atoms with Crippen LogP contribution in [0.4, 0.5) is 10.5 Å². The first-order chi connectivity index (χ1) is 15.4. The molecular weight excluding hydrogens is 406 g/mol. The van der Waals surface area contributed by atoms with Crippen molar-refractivity contribution in [3.05, 3.63) is 53.6 Å². The zero-order chi connectivity index (χ0) is 22.8. The molecule has 0 aliphatic carbocycles. The van der Waals surface area contributed by atoms with Gasteiger partial charge in [0, 0.05) is 29.4 Å². The van der Waals surface area contributed by atoms with E-state index in [1.807, 2.05) is 56.3 Å². The lowest BCUT2D eigenvalue weighted by Gasteiger charge is -2.29. The highest BCUT2D eigenvalue weighted by atomic mass is 16.5. The Labute approximate surface area is 186 Å². The molecule has 0 unspecified atom stereocenters. The molecule has 3 amide bonds. The molecule has 3 aromatic carbocycles. The van der Waals surface area contributed by atoms with Crippen molar-refractivity contribution < 1.29 is 19.1 Å². The third-order valence-electron chi connectivity index (χ3n) is 5.68. The molecule has 0 bridgehead atoms. The largest absolute Gasteiger partial charge is 0.449 e. The van der Waals surface area contributed by atoms with Crippen LogP contribution in [0.3, 0.4) is 0 Å². The first-order valence-electron chi connectivity index (χ1n) is 10.9. The van der Waals surface area contributed by atoms with Crippen LogP contribution in [-0.4, -0.2) is 61.5 Å². The van der Waals surface area contributed by atoms with Gasteiger partial charge in [-0.3, -0.25) is 19.8 Å². The highest BCUT2D eigenvalue weighted by molar-refractivity contribution is 6.32. The van der Waals surface area contributed by atoms with E-state index in [0.29, 0.717) is 40.7 Å². The summed E-state index contributed by atoms with van der Waals surface area (Å²) in [6, 6.07) is 12.9. The maximum atomic E-state index is 13.6. The molecule has 1 aliphatic heterocycles. The van der Waals surface area contributed by atoms with E-state index in [1.165, 1.54) is 4.90 Å². The summed E-state index contributed by atoms with van der Waals surface area (Å²) in [5.41, 5.74) is 1.43. The molecule has 1 aliphatic rings. The van der Waals surface area contributed by atoms with Crippen LogP contribution >= 0.6 is 0 Å². The summed E-state index contributed by atoms with van der Waals surface area (Å²) in [5, 5.41) is 5.68. The number of amides is 3. The normalized spacial score (nSPS) is 13.3. The van der Waals surface area contributed by atoms with Crippen LogP contribution in [0.2, 0.25) is 0 Å². The minimum Gasteiger partial charge on any atom is -0.449 e. The van der Waals surface area contributed by atoms with Gasteiger partial charge in [-0.15, -0.1) is 0 Å². The van der Waals surface area contributed by atoms with E-state index in [1.54, 1.807) is 12.1 Å². The zero-order valence-corrected chi connectivity index (χ0v) is 18.6. The van der Waals surface area contributed by atoms with Crippen molar-refractivity contribution in [3.63, 3.8) is 0 Å². The zero-order valence-electron chi connectivity index (χ0n) is 18.6. The predicted molar refractivity (Wildman–Crippen MR) is 125 cm³/mol. The minimum absolute atomic E-state index is 0.283. The number of carbonyl (C=O) groups excluding carboxylic acids is 3. The molecule has 32 heavy (non-hydrogen) atoms. The molecule has 0 saturated heterocycles. The monoisotopic (exact) mass is 433 g/mol. The van der Waals surface area contributed by atoms with Gasteiger partial charge in [-0.1, -0.05) is 37.6 Å². The Morgan fingerprint density at radius 3 is 2.47 bits per heavy atom. The number of nitrogens with one attached hydrogen (secondary N) is 1. The Morgan fingerprint density at radius 1 is 1.03 bits per heavy atom. The van der Waals surface area contributed by atoms with Gasteiger partial charge in [-0.2, -0.15) is 0 Å². The number of rotatable bonds is 7. The number of hydrogen-bond acceptors (Lipinski definition) is 5. The van der Waals surface area contributed by atoms with Crippen LogP contribution in [-0.2, 0) is 4.74 Å². The van der Waals surface area contributed by atoms with E-state index in [-0.39, 0.29) is 18.4 Å². The average molecular weight is 434 g/mol. The summed E-state index contributed by atoms with van der Waals surface area (Å²) in [6.45, 7) is 3.20. The van der Waals surface area contributed by atoms with Crippen LogP contribution in [0.15, 0.2) is 42.5 Å². The summed E-state index contributed by atoms with van der Waals surface area (Å²) in [6.07, 6.45) is 1.14. The van der Waals surface area contributed by atoms with E-state index in [9.17, 15) is 14.4 Å². The number of hydrogen-bond donors (Lipinski definition) is 1. The van der Waals surface area contributed by atoms with Crippen LogP contribution in [0, 0.1) is 0 Å². The summed E-state index contributed by atoms with van der Waals surface area (Å²) < 4.78 is 5.26. The van der Waals surface area contributed by atoms with Crippen molar-refractivity contribution >= 4 is 45.1 Å². The van der Waals surface area contributed by atoms with Gasteiger partial charge < -0.3 is 9.64 Å². The second-order valence-corrected chi connectivity index (χ2v) is 8.24. The van der Waals surface area contributed by atoms with Crippen LogP contribution < -0.4 is 5.32 Å². The maximum Gasteiger partial charge on any atom is 0.411 e. The number of benzene rings is 3. The number of imide groups is 1. The number of carbonyl (C=O) groups is 3. The maximum absolute atomic E-state index is 13.6. The second-order valence-electron chi connectivity index (χ2n) is 8.24. The van der Waals surface area contributed by atoms with Crippen molar-refractivity contribution in [3.8, 4) is 0 Å². The fraction of sp³-hybridized carbons (Fsp3) is 0.320. The van der Waals surface area contributed by atoms with Gasteiger partial charge in [0.1, 0.15) is 0 Å². The SMILES string of the molecule is CCCCOC(=O)Nc1cccc2cc3cccc4c3c(c12)C(=O)N(CCN(C)C)C4=O. The number of anilines is 1. The summed E-state index contributed by atoms with van der Waals surface area (Å²) in [4.78, 5) is 42.4. The number of fused-ring (bicyclic) bond motifs is 2. The Bertz CT molecular complexity index is 1220. The summed E-state index contributed by atoms with van der Waals surface area (Å²) in [7, 11) is 3.80. The van der Waals surface area contributed by atoms with Crippen molar-refractivity contribution in [1.82, 2.24) is 9.80 Å². The molecule has 0 radical (unpaired) electrons. The Kier molecular flexibility index (Phi) is 6.10. The van der Waals surface area contributed by atoms with Gasteiger partial charge in [0.05, 0.1) is 17.9 Å². The van der Waals surface area contributed by atoms with Gasteiger partial charge >= 0.3 is 6.09 Å².